The van der Waals surface area contributed by atoms with Gasteiger partial charge in [0, 0.05) is 0 Å². The summed E-state index contributed by atoms with van der Waals surface area (Å²) in [6.07, 6.45) is 1.64. The van der Waals surface area contributed by atoms with Crippen LogP contribution in [0, 0.1) is 5.82 Å². The number of nitrogens with one attached hydrogen (secondary N) is 1. The first-order chi connectivity index (χ1) is 11.6. The van der Waals surface area contributed by atoms with Crippen molar-refractivity contribution in [2.45, 2.75) is 0 Å². The molecule has 5 nitrogen and oxygen atoms in total. The number of methoxy groups -OCH3 is 1. The molecule has 2 aromatic carbocycles. The topological polar surface area (TPSA) is 70.9 Å². The van der Waals surface area contributed by atoms with Crippen LogP contribution >= 0.6 is 11.8 Å². The van der Waals surface area contributed by atoms with Gasteiger partial charge in [-0.1, -0.05) is 18.2 Å². The fourth-order valence-corrected chi connectivity index (χ4v) is 2.90. The summed E-state index contributed by atoms with van der Waals surface area (Å²) in [6, 6.07) is 10.8. The first kappa shape index (κ1) is 16.1. The molecule has 1 fully saturated rings. The van der Waals surface area contributed by atoms with Gasteiger partial charge < -0.3 is 15.2 Å². The Morgan fingerprint density at radius 2 is 2.08 bits per heavy atom. The molecule has 0 aromatic heterocycles. The molecule has 0 spiro atoms. The minimum atomic E-state index is -0.458. The highest BCUT2D eigenvalue weighted by Crippen LogP contribution is 2.31. The number of ether oxygens (including phenoxy) is 1. The van der Waals surface area contributed by atoms with Crippen LogP contribution in [-0.2, 0) is 4.79 Å². The normalized spacial score (nSPS) is 17.3. The maximum Gasteiger partial charge on any atom is 0.264 e. The highest BCUT2D eigenvalue weighted by molar-refractivity contribution is 8.18. The van der Waals surface area contributed by atoms with Crippen molar-refractivity contribution in [3.8, 4) is 11.5 Å². The number of amidine groups is 1. The van der Waals surface area contributed by atoms with E-state index in [1.807, 2.05) is 0 Å². The molecule has 0 radical (unpaired) electrons. The Labute approximate surface area is 141 Å². The molecule has 0 atom stereocenters. The molecule has 1 aliphatic rings. The van der Waals surface area contributed by atoms with Crippen molar-refractivity contribution in [3.63, 3.8) is 0 Å². The quantitative estimate of drug-likeness (QED) is 0.837. The lowest BCUT2D eigenvalue weighted by Crippen LogP contribution is -2.19. The molecule has 0 unspecified atom stereocenters. The average Bonchev–Trinajstić information content (AvgIpc) is 2.91. The number of carbonyl (C=O) groups is 1. The monoisotopic (exact) mass is 344 g/mol. The second-order valence-corrected chi connectivity index (χ2v) is 5.90. The van der Waals surface area contributed by atoms with Crippen LogP contribution < -0.4 is 10.1 Å². The van der Waals surface area contributed by atoms with Gasteiger partial charge in [-0.05, 0) is 47.7 Å². The zero-order valence-corrected chi connectivity index (χ0v) is 13.4. The summed E-state index contributed by atoms with van der Waals surface area (Å²) < 4.78 is 18.7. The Kier molecular flexibility index (Phi) is 4.52. The second-order valence-electron chi connectivity index (χ2n) is 4.86. The van der Waals surface area contributed by atoms with Crippen molar-refractivity contribution in [3.05, 3.63) is 58.8 Å². The van der Waals surface area contributed by atoms with E-state index in [2.05, 4.69) is 10.3 Å². The highest BCUT2D eigenvalue weighted by atomic mass is 32.2. The standard InChI is InChI=1S/C17H13FN2O3S/c1-23-14-8-10(6-7-13(14)21)9-15-16(22)20-17(24-15)19-12-5-3-2-4-11(12)18/h2-9,21H,1H3,(H,19,20,22). The fourth-order valence-electron chi connectivity index (χ4n) is 2.07. The van der Waals surface area contributed by atoms with E-state index in [4.69, 9.17) is 4.74 Å². The molecule has 3 rings (SSSR count). The van der Waals surface area contributed by atoms with Crippen LogP contribution in [0.5, 0.6) is 11.5 Å². The number of aliphatic imine (C=N–C) groups is 1. The molecule has 0 saturated carbocycles. The number of halogens is 1. The maximum atomic E-state index is 13.6. The number of nitrogens with zero attached hydrogens (tertiary/aromatic N) is 1. The predicted molar refractivity (Wildman–Crippen MR) is 91.9 cm³/mol. The van der Waals surface area contributed by atoms with E-state index in [9.17, 15) is 14.3 Å². The predicted octanol–water partition coefficient (Wildman–Crippen LogP) is 3.43. The number of carbonyl (C=O) groups excluding carboxylic acids is 1. The molecule has 2 aromatic rings. The Hall–Kier alpha value is -2.80. The van der Waals surface area contributed by atoms with E-state index in [0.717, 1.165) is 11.8 Å². The van der Waals surface area contributed by atoms with Gasteiger partial charge in [0.25, 0.3) is 5.91 Å². The molecular weight excluding hydrogens is 331 g/mol. The number of phenolic OH excluding ortho intramolecular Hbond substituents is 1. The van der Waals surface area contributed by atoms with Crippen LogP contribution in [-0.4, -0.2) is 23.3 Å². The van der Waals surface area contributed by atoms with E-state index < -0.39 is 5.82 Å². The van der Waals surface area contributed by atoms with Crippen molar-refractivity contribution in [1.82, 2.24) is 5.32 Å². The Balaban J connectivity index is 1.86. The number of hydrogen-bond acceptors (Lipinski definition) is 5. The number of aromatic hydroxyl groups is 1. The fraction of sp³-hybridized carbons (Fsp3) is 0.0588. The highest BCUT2D eigenvalue weighted by Gasteiger charge is 2.24. The lowest BCUT2D eigenvalue weighted by molar-refractivity contribution is -0.115. The number of phenols is 1. The molecule has 1 amide bonds. The Morgan fingerprint density at radius 3 is 2.83 bits per heavy atom. The molecule has 1 saturated heterocycles. The van der Waals surface area contributed by atoms with Gasteiger partial charge >= 0.3 is 0 Å². The minimum Gasteiger partial charge on any atom is -0.504 e. The molecule has 122 valence electrons. The van der Waals surface area contributed by atoms with Gasteiger partial charge in [-0.25, -0.2) is 9.38 Å². The van der Waals surface area contributed by atoms with Gasteiger partial charge in [-0.3, -0.25) is 4.79 Å². The molecule has 2 N–H and O–H groups in total. The van der Waals surface area contributed by atoms with Gasteiger partial charge in [0.1, 0.15) is 11.5 Å². The lowest BCUT2D eigenvalue weighted by atomic mass is 10.2. The van der Waals surface area contributed by atoms with Crippen molar-refractivity contribution < 1.29 is 19.0 Å². The number of amides is 1. The largest absolute Gasteiger partial charge is 0.504 e. The average molecular weight is 344 g/mol. The van der Waals surface area contributed by atoms with Gasteiger partial charge in [-0.15, -0.1) is 0 Å². The first-order valence-electron chi connectivity index (χ1n) is 6.98. The molecule has 7 heteroatoms. The van der Waals surface area contributed by atoms with Crippen LogP contribution in [0.1, 0.15) is 5.56 Å². The van der Waals surface area contributed by atoms with Gasteiger partial charge in [-0.2, -0.15) is 0 Å². The Morgan fingerprint density at radius 1 is 1.29 bits per heavy atom. The number of rotatable bonds is 3. The zero-order valence-electron chi connectivity index (χ0n) is 12.6. The summed E-state index contributed by atoms with van der Waals surface area (Å²) >= 11 is 1.12. The van der Waals surface area contributed by atoms with E-state index >= 15 is 0 Å². The van der Waals surface area contributed by atoms with Crippen molar-refractivity contribution in [2.75, 3.05) is 7.11 Å². The van der Waals surface area contributed by atoms with E-state index in [1.54, 1.807) is 30.3 Å². The number of hydrogen-bond donors (Lipinski definition) is 2. The third kappa shape index (κ3) is 3.41. The molecule has 1 aliphatic heterocycles. The van der Waals surface area contributed by atoms with Crippen LogP contribution in [0.15, 0.2) is 52.4 Å². The van der Waals surface area contributed by atoms with Crippen LogP contribution in [0.25, 0.3) is 6.08 Å². The third-order valence-electron chi connectivity index (χ3n) is 3.23. The molecule has 24 heavy (non-hydrogen) atoms. The molecule has 0 aliphatic carbocycles. The maximum absolute atomic E-state index is 13.6. The van der Waals surface area contributed by atoms with Crippen molar-refractivity contribution >= 4 is 34.6 Å². The third-order valence-corrected chi connectivity index (χ3v) is 4.14. The van der Waals surface area contributed by atoms with Crippen molar-refractivity contribution in [2.24, 2.45) is 4.99 Å². The summed E-state index contributed by atoms with van der Waals surface area (Å²) in [5.74, 6) is -0.444. The van der Waals surface area contributed by atoms with Gasteiger partial charge in [0.15, 0.2) is 16.7 Å². The lowest BCUT2D eigenvalue weighted by Gasteiger charge is -2.03. The van der Waals surface area contributed by atoms with Gasteiger partial charge in [0.2, 0.25) is 0 Å². The first-order valence-corrected chi connectivity index (χ1v) is 7.79. The number of thioether (sulfide) groups is 1. The smallest absolute Gasteiger partial charge is 0.264 e. The zero-order chi connectivity index (χ0) is 17.1. The summed E-state index contributed by atoms with van der Waals surface area (Å²) in [5, 5.41) is 12.5. The van der Waals surface area contributed by atoms with Gasteiger partial charge in [0.05, 0.1) is 12.0 Å². The van der Waals surface area contributed by atoms with E-state index in [-0.39, 0.29) is 17.3 Å². The van der Waals surface area contributed by atoms with Crippen LogP contribution in [0.3, 0.4) is 0 Å². The van der Waals surface area contributed by atoms with Crippen LogP contribution in [0.4, 0.5) is 10.1 Å². The van der Waals surface area contributed by atoms with Crippen LogP contribution in [0.2, 0.25) is 0 Å². The minimum absolute atomic E-state index is 0.0185. The van der Waals surface area contributed by atoms with E-state index in [0.29, 0.717) is 21.4 Å². The summed E-state index contributed by atoms with van der Waals surface area (Å²) in [7, 11) is 1.45. The molecule has 1 heterocycles. The number of benzene rings is 2. The SMILES string of the molecule is COc1cc(C=C2SC(=Nc3ccccc3F)NC2=O)ccc1O. The van der Waals surface area contributed by atoms with Crippen molar-refractivity contribution in [1.29, 1.82) is 0 Å². The van der Waals surface area contributed by atoms with E-state index in [1.165, 1.54) is 25.3 Å². The number of para-hydroxylation sites is 1. The molecular formula is C17H13FN2O3S. The summed E-state index contributed by atoms with van der Waals surface area (Å²) in [6.45, 7) is 0. The summed E-state index contributed by atoms with van der Waals surface area (Å²) in [4.78, 5) is 16.6. The summed E-state index contributed by atoms with van der Waals surface area (Å²) in [5.41, 5.74) is 0.849. The second kappa shape index (κ2) is 6.76. The molecule has 0 bridgehead atoms. The Bertz CT molecular complexity index is 865.